The Balaban J connectivity index is 2.27. The lowest BCUT2D eigenvalue weighted by Gasteiger charge is -1.95. The molecule has 0 aliphatic rings. The molecule has 2 heterocycles. The van der Waals surface area contributed by atoms with Crippen molar-refractivity contribution in [2.24, 2.45) is 0 Å². The Labute approximate surface area is 90.9 Å². The molecule has 2 aromatic heterocycles. The molecule has 0 atom stereocenters. The highest BCUT2D eigenvalue weighted by Crippen LogP contribution is 2.12. The second-order valence-electron chi connectivity index (χ2n) is 3.10. The van der Waals surface area contributed by atoms with Crippen LogP contribution in [0.1, 0.15) is 12.7 Å². The average Bonchev–Trinajstić information content (AvgIpc) is 2.56. The number of fused-ring (bicyclic) bond motifs is 1. The van der Waals surface area contributed by atoms with Gasteiger partial charge in [-0.15, -0.1) is 0 Å². The summed E-state index contributed by atoms with van der Waals surface area (Å²) in [6.45, 7) is 1.82. The van der Waals surface area contributed by atoms with Crippen molar-refractivity contribution in [3.8, 4) is 0 Å². The Bertz CT molecular complexity index is 508. The predicted octanol–water partition coefficient (Wildman–Crippen LogP) is 1.25. The van der Waals surface area contributed by atoms with E-state index in [1.807, 2.05) is 0 Å². The van der Waals surface area contributed by atoms with Crippen LogP contribution in [0.2, 0.25) is 5.15 Å². The SMILES string of the molecule is CC(=O)NCc1nc2nc(Cl)ccc2[nH]1. The van der Waals surface area contributed by atoms with Crippen molar-refractivity contribution < 1.29 is 4.79 Å². The predicted molar refractivity (Wildman–Crippen MR) is 56.4 cm³/mol. The Kier molecular flexibility index (Phi) is 2.55. The molecule has 5 nitrogen and oxygen atoms in total. The molecule has 0 aliphatic carbocycles. The van der Waals surface area contributed by atoms with Crippen molar-refractivity contribution in [2.75, 3.05) is 0 Å². The Morgan fingerprint density at radius 3 is 3.07 bits per heavy atom. The number of halogens is 1. The largest absolute Gasteiger partial charge is 0.349 e. The smallest absolute Gasteiger partial charge is 0.217 e. The number of pyridine rings is 1. The van der Waals surface area contributed by atoms with Crippen LogP contribution in [0.4, 0.5) is 0 Å². The maximum atomic E-state index is 10.7. The first-order valence-corrected chi connectivity index (χ1v) is 4.78. The van der Waals surface area contributed by atoms with Gasteiger partial charge in [-0.1, -0.05) is 11.6 Å². The van der Waals surface area contributed by atoms with E-state index in [1.165, 1.54) is 6.92 Å². The van der Waals surface area contributed by atoms with Crippen molar-refractivity contribution in [1.82, 2.24) is 20.3 Å². The molecule has 0 saturated carbocycles. The summed E-state index contributed by atoms with van der Waals surface area (Å²) < 4.78 is 0. The van der Waals surface area contributed by atoms with Gasteiger partial charge in [-0.2, -0.15) is 0 Å². The van der Waals surface area contributed by atoms with Crippen molar-refractivity contribution in [3.05, 3.63) is 23.1 Å². The molecule has 2 N–H and O–H groups in total. The van der Waals surface area contributed by atoms with Crippen LogP contribution in [0.25, 0.3) is 11.2 Å². The number of hydrogen-bond acceptors (Lipinski definition) is 3. The summed E-state index contributed by atoms with van der Waals surface area (Å²) in [5, 5.41) is 3.05. The lowest BCUT2D eigenvalue weighted by Crippen LogP contribution is -2.19. The number of nitrogens with zero attached hydrogens (tertiary/aromatic N) is 2. The molecule has 2 rings (SSSR count). The van der Waals surface area contributed by atoms with Crippen LogP contribution in [0.15, 0.2) is 12.1 Å². The first-order valence-electron chi connectivity index (χ1n) is 4.41. The van der Waals surface area contributed by atoms with E-state index in [0.29, 0.717) is 23.2 Å². The molecule has 0 saturated heterocycles. The van der Waals surface area contributed by atoms with E-state index in [2.05, 4.69) is 20.3 Å². The summed E-state index contributed by atoms with van der Waals surface area (Å²) >= 11 is 5.72. The van der Waals surface area contributed by atoms with Crippen LogP contribution in [0.3, 0.4) is 0 Å². The summed E-state index contributed by atoms with van der Waals surface area (Å²) in [7, 11) is 0. The Hall–Kier alpha value is -1.62. The van der Waals surface area contributed by atoms with E-state index in [4.69, 9.17) is 11.6 Å². The van der Waals surface area contributed by atoms with Crippen LogP contribution in [0.5, 0.6) is 0 Å². The maximum absolute atomic E-state index is 10.7. The number of aromatic amines is 1. The topological polar surface area (TPSA) is 70.7 Å². The lowest BCUT2D eigenvalue weighted by molar-refractivity contribution is -0.119. The number of H-pyrrole nitrogens is 1. The van der Waals surface area contributed by atoms with Gasteiger partial charge in [0.25, 0.3) is 0 Å². The maximum Gasteiger partial charge on any atom is 0.217 e. The molecule has 15 heavy (non-hydrogen) atoms. The van der Waals surface area contributed by atoms with E-state index in [9.17, 15) is 4.79 Å². The molecule has 6 heteroatoms. The van der Waals surface area contributed by atoms with E-state index in [1.54, 1.807) is 12.1 Å². The molecule has 1 amide bonds. The minimum absolute atomic E-state index is 0.0959. The quantitative estimate of drug-likeness (QED) is 0.755. The molecule has 0 aliphatic heterocycles. The first-order chi connectivity index (χ1) is 7.15. The van der Waals surface area contributed by atoms with Gasteiger partial charge in [0.2, 0.25) is 5.91 Å². The minimum Gasteiger partial charge on any atom is -0.349 e. The van der Waals surface area contributed by atoms with Gasteiger partial charge < -0.3 is 10.3 Å². The molecule has 0 radical (unpaired) electrons. The molecule has 2 aromatic rings. The molecular formula is C9H9ClN4O. The van der Waals surface area contributed by atoms with E-state index >= 15 is 0 Å². The van der Waals surface area contributed by atoms with Gasteiger partial charge in [0.05, 0.1) is 12.1 Å². The number of aromatic nitrogens is 3. The standard InChI is InChI=1S/C9H9ClN4O/c1-5(15)11-4-8-12-6-2-3-7(10)13-9(6)14-8/h2-3H,4H2,1H3,(H,11,15)(H,12,13,14). The van der Waals surface area contributed by atoms with Gasteiger partial charge in [0.15, 0.2) is 5.65 Å². The molecule has 78 valence electrons. The van der Waals surface area contributed by atoms with Crippen LogP contribution in [-0.4, -0.2) is 20.9 Å². The van der Waals surface area contributed by atoms with E-state index < -0.39 is 0 Å². The highest BCUT2D eigenvalue weighted by atomic mass is 35.5. The molecule has 0 fully saturated rings. The third kappa shape index (κ3) is 2.24. The highest BCUT2D eigenvalue weighted by molar-refractivity contribution is 6.29. The fraction of sp³-hybridized carbons (Fsp3) is 0.222. The van der Waals surface area contributed by atoms with Crippen LogP contribution >= 0.6 is 11.6 Å². The summed E-state index contributed by atoms with van der Waals surface area (Å²) in [5.41, 5.74) is 1.36. The number of nitrogens with one attached hydrogen (secondary N) is 2. The molecule has 0 spiro atoms. The zero-order valence-corrected chi connectivity index (χ0v) is 8.80. The van der Waals surface area contributed by atoms with Gasteiger partial charge in [-0.3, -0.25) is 4.79 Å². The van der Waals surface area contributed by atoms with Crippen LogP contribution in [-0.2, 0) is 11.3 Å². The molecule has 0 unspecified atom stereocenters. The van der Waals surface area contributed by atoms with Crippen LogP contribution < -0.4 is 5.32 Å². The Morgan fingerprint density at radius 2 is 2.33 bits per heavy atom. The fourth-order valence-electron chi connectivity index (χ4n) is 1.21. The second-order valence-corrected chi connectivity index (χ2v) is 3.49. The van der Waals surface area contributed by atoms with Gasteiger partial charge in [-0.25, -0.2) is 9.97 Å². The molecule has 0 aromatic carbocycles. The van der Waals surface area contributed by atoms with Gasteiger partial charge in [-0.05, 0) is 12.1 Å². The number of imidazole rings is 1. The van der Waals surface area contributed by atoms with Crippen molar-refractivity contribution in [2.45, 2.75) is 13.5 Å². The molecule has 0 bridgehead atoms. The lowest BCUT2D eigenvalue weighted by atomic mass is 10.4. The normalized spacial score (nSPS) is 10.5. The summed E-state index contributed by atoms with van der Waals surface area (Å²) in [4.78, 5) is 21.9. The zero-order chi connectivity index (χ0) is 10.8. The Morgan fingerprint density at radius 1 is 1.53 bits per heavy atom. The van der Waals surface area contributed by atoms with E-state index in [0.717, 1.165) is 5.52 Å². The third-order valence-corrected chi connectivity index (χ3v) is 2.08. The number of amides is 1. The van der Waals surface area contributed by atoms with Gasteiger partial charge >= 0.3 is 0 Å². The van der Waals surface area contributed by atoms with Crippen molar-refractivity contribution in [1.29, 1.82) is 0 Å². The summed E-state index contributed by atoms with van der Waals surface area (Å²) in [5.74, 6) is 0.566. The fourth-order valence-corrected chi connectivity index (χ4v) is 1.35. The first kappa shape index (κ1) is 9.92. The van der Waals surface area contributed by atoms with Crippen LogP contribution in [0, 0.1) is 0 Å². The zero-order valence-electron chi connectivity index (χ0n) is 8.04. The number of carbonyl (C=O) groups is 1. The average molecular weight is 225 g/mol. The van der Waals surface area contributed by atoms with Crippen molar-refractivity contribution in [3.63, 3.8) is 0 Å². The summed E-state index contributed by atoms with van der Waals surface area (Å²) in [6, 6.07) is 3.49. The monoisotopic (exact) mass is 224 g/mol. The number of carbonyl (C=O) groups excluding carboxylic acids is 1. The van der Waals surface area contributed by atoms with Gasteiger partial charge in [0.1, 0.15) is 11.0 Å². The van der Waals surface area contributed by atoms with Crippen molar-refractivity contribution >= 4 is 28.7 Å². The summed E-state index contributed by atoms with van der Waals surface area (Å²) in [6.07, 6.45) is 0. The minimum atomic E-state index is -0.0959. The van der Waals surface area contributed by atoms with E-state index in [-0.39, 0.29) is 5.91 Å². The second kappa shape index (κ2) is 3.86. The third-order valence-electron chi connectivity index (χ3n) is 1.87. The van der Waals surface area contributed by atoms with Gasteiger partial charge in [0, 0.05) is 6.92 Å². The number of hydrogen-bond donors (Lipinski definition) is 2. The number of rotatable bonds is 2. The highest BCUT2D eigenvalue weighted by Gasteiger charge is 2.04. The molecular weight excluding hydrogens is 216 g/mol.